The van der Waals surface area contributed by atoms with Crippen molar-refractivity contribution >= 4 is 51.4 Å². The molecule has 0 aromatic heterocycles. The summed E-state index contributed by atoms with van der Waals surface area (Å²) < 4.78 is 6.62. The highest BCUT2D eigenvalue weighted by Crippen LogP contribution is 2.45. The highest BCUT2D eigenvalue weighted by molar-refractivity contribution is 14.1. The number of alkyl halides is 1. The van der Waals surface area contributed by atoms with Crippen molar-refractivity contribution in [1.82, 2.24) is 4.90 Å². The smallest absolute Gasteiger partial charge is 0.336 e. The number of carboxylic acids is 1. The minimum Gasteiger partial charge on any atom is -0.478 e. The summed E-state index contributed by atoms with van der Waals surface area (Å²) >= 11 is 1.97. The van der Waals surface area contributed by atoms with Crippen LogP contribution in [0.2, 0.25) is 0 Å². The number of benzene rings is 2. The van der Waals surface area contributed by atoms with E-state index in [1.54, 1.807) is 12.1 Å². The second-order valence-corrected chi connectivity index (χ2v) is 9.32. The van der Waals surface area contributed by atoms with Gasteiger partial charge in [0.1, 0.15) is 11.5 Å². The molecule has 1 heterocycles. The zero-order chi connectivity index (χ0) is 24.6. The second-order valence-electron chi connectivity index (χ2n) is 8.56. The van der Waals surface area contributed by atoms with Gasteiger partial charge in [0.15, 0.2) is 0 Å². The Bertz CT molecular complexity index is 1260. The number of amides is 1. The SMILES string of the molecule is CN(C)c1ccc2c(c1)OC1=CC(N(C)C)C=CC1=C2c1ccc(NC(=O)CI)cc1C(=O)O. The number of hydrogen-bond donors (Lipinski definition) is 2. The third-order valence-electron chi connectivity index (χ3n) is 5.81. The van der Waals surface area contributed by atoms with Gasteiger partial charge in [-0.3, -0.25) is 9.69 Å². The van der Waals surface area contributed by atoms with E-state index in [-0.39, 0.29) is 21.9 Å². The molecule has 2 aliphatic rings. The van der Waals surface area contributed by atoms with Gasteiger partial charge in [0.05, 0.1) is 9.99 Å². The van der Waals surface area contributed by atoms with Crippen LogP contribution in [0.25, 0.3) is 5.57 Å². The van der Waals surface area contributed by atoms with Crippen molar-refractivity contribution in [3.8, 4) is 5.75 Å². The van der Waals surface area contributed by atoms with Crippen LogP contribution in [0.5, 0.6) is 5.75 Å². The number of aromatic carboxylic acids is 1. The molecule has 0 spiro atoms. The number of rotatable bonds is 6. The van der Waals surface area contributed by atoms with Crippen LogP contribution in [-0.4, -0.2) is 60.5 Å². The van der Waals surface area contributed by atoms with Gasteiger partial charge in [0, 0.05) is 54.3 Å². The normalized spacial score (nSPS) is 16.4. The molecule has 8 heteroatoms. The molecule has 0 saturated heterocycles. The predicted molar refractivity (Wildman–Crippen MR) is 143 cm³/mol. The van der Waals surface area contributed by atoms with Crippen LogP contribution in [0.15, 0.2) is 66.0 Å². The largest absolute Gasteiger partial charge is 0.478 e. The number of hydrogen-bond acceptors (Lipinski definition) is 5. The molecule has 0 saturated carbocycles. The van der Waals surface area contributed by atoms with Crippen LogP contribution in [0.3, 0.4) is 0 Å². The molecule has 1 unspecified atom stereocenters. The number of allylic oxidation sites excluding steroid dienone is 1. The lowest BCUT2D eigenvalue weighted by atomic mass is 9.84. The molecular formula is C26H26IN3O4. The third-order valence-corrected chi connectivity index (χ3v) is 6.50. The fourth-order valence-corrected chi connectivity index (χ4v) is 4.23. The number of carbonyl (C=O) groups is 2. The first-order valence-electron chi connectivity index (χ1n) is 10.7. The van der Waals surface area contributed by atoms with Gasteiger partial charge in [-0.05, 0) is 50.0 Å². The summed E-state index contributed by atoms with van der Waals surface area (Å²) in [5.41, 5.74) is 4.54. The van der Waals surface area contributed by atoms with Crippen molar-refractivity contribution in [3.63, 3.8) is 0 Å². The Kier molecular flexibility index (Phi) is 6.81. The van der Waals surface area contributed by atoms with Crippen LogP contribution in [0.1, 0.15) is 21.5 Å². The van der Waals surface area contributed by atoms with Crippen LogP contribution >= 0.6 is 22.6 Å². The molecule has 34 heavy (non-hydrogen) atoms. The lowest BCUT2D eigenvalue weighted by Crippen LogP contribution is -2.27. The number of halogens is 1. The minimum atomic E-state index is -1.07. The number of carboxylic acid groups (broad SMARTS) is 1. The molecule has 0 radical (unpaired) electrons. The lowest BCUT2D eigenvalue weighted by Gasteiger charge is -2.31. The fraction of sp³-hybridized carbons (Fsp3) is 0.231. The van der Waals surface area contributed by atoms with Crippen LogP contribution in [-0.2, 0) is 4.79 Å². The topological polar surface area (TPSA) is 82.1 Å². The first-order chi connectivity index (χ1) is 16.2. The summed E-state index contributed by atoms with van der Waals surface area (Å²) in [4.78, 5) is 28.2. The molecule has 1 amide bonds. The summed E-state index contributed by atoms with van der Waals surface area (Å²) in [6, 6.07) is 11.0. The lowest BCUT2D eigenvalue weighted by molar-refractivity contribution is -0.113. The number of ether oxygens (including phenoxy) is 1. The maximum atomic E-state index is 12.3. The Morgan fingerprint density at radius 1 is 1.09 bits per heavy atom. The van der Waals surface area contributed by atoms with Crippen LogP contribution in [0, 0.1) is 0 Å². The number of nitrogens with one attached hydrogen (secondary N) is 1. The molecule has 0 bridgehead atoms. The van der Waals surface area contributed by atoms with E-state index in [4.69, 9.17) is 4.74 Å². The molecular weight excluding hydrogens is 545 g/mol. The Morgan fingerprint density at radius 3 is 2.47 bits per heavy atom. The minimum absolute atomic E-state index is 0.0587. The molecule has 4 rings (SSSR count). The first-order valence-corrected chi connectivity index (χ1v) is 12.3. The number of nitrogens with zero attached hydrogens (tertiary/aromatic N) is 2. The van der Waals surface area contributed by atoms with E-state index in [0.717, 1.165) is 22.4 Å². The highest BCUT2D eigenvalue weighted by Gasteiger charge is 2.30. The summed E-state index contributed by atoms with van der Waals surface area (Å²) in [6.07, 6.45) is 6.10. The van der Waals surface area contributed by atoms with E-state index in [1.165, 1.54) is 6.07 Å². The van der Waals surface area contributed by atoms with Crippen molar-refractivity contribution < 1.29 is 19.4 Å². The number of likely N-dealkylation sites (N-methyl/N-ethyl adjacent to an activating group) is 1. The summed E-state index contributed by atoms with van der Waals surface area (Å²) in [5, 5.41) is 12.8. The van der Waals surface area contributed by atoms with E-state index >= 15 is 0 Å². The molecule has 1 atom stereocenters. The maximum Gasteiger partial charge on any atom is 0.336 e. The van der Waals surface area contributed by atoms with Gasteiger partial charge in [-0.1, -0.05) is 40.8 Å². The van der Waals surface area contributed by atoms with E-state index in [0.29, 0.717) is 22.8 Å². The summed E-state index contributed by atoms with van der Waals surface area (Å²) in [5.74, 6) is 0.110. The molecule has 2 N–H and O–H groups in total. The van der Waals surface area contributed by atoms with Gasteiger partial charge in [-0.25, -0.2) is 4.79 Å². The maximum absolute atomic E-state index is 12.3. The average molecular weight is 571 g/mol. The predicted octanol–water partition coefficient (Wildman–Crippen LogP) is 4.40. The first kappa shape index (κ1) is 24.0. The van der Waals surface area contributed by atoms with Gasteiger partial charge in [-0.2, -0.15) is 0 Å². The fourth-order valence-electron chi connectivity index (χ4n) is 4.04. The molecule has 2 aromatic carbocycles. The quantitative estimate of drug-likeness (QED) is 0.395. The molecule has 1 aliphatic carbocycles. The van der Waals surface area contributed by atoms with E-state index in [1.807, 2.05) is 86.0 Å². The molecule has 2 aromatic rings. The Morgan fingerprint density at radius 2 is 1.82 bits per heavy atom. The van der Waals surface area contributed by atoms with Crippen molar-refractivity contribution in [3.05, 3.63) is 82.6 Å². The van der Waals surface area contributed by atoms with Crippen molar-refractivity contribution in [2.45, 2.75) is 6.04 Å². The van der Waals surface area contributed by atoms with Gasteiger partial charge >= 0.3 is 5.97 Å². The van der Waals surface area contributed by atoms with Gasteiger partial charge in [0.25, 0.3) is 0 Å². The van der Waals surface area contributed by atoms with Crippen LogP contribution in [0.4, 0.5) is 11.4 Å². The Hall–Kier alpha value is -3.11. The van der Waals surface area contributed by atoms with E-state index in [9.17, 15) is 14.7 Å². The molecule has 176 valence electrons. The number of fused-ring (bicyclic) bond motifs is 2. The molecule has 7 nitrogen and oxygen atoms in total. The van der Waals surface area contributed by atoms with E-state index < -0.39 is 5.97 Å². The Balaban J connectivity index is 1.94. The molecule has 1 aliphatic heterocycles. The Labute approximate surface area is 212 Å². The molecule has 0 fully saturated rings. The number of anilines is 2. The van der Waals surface area contributed by atoms with Crippen LogP contribution < -0.4 is 15.0 Å². The monoisotopic (exact) mass is 571 g/mol. The summed E-state index contributed by atoms with van der Waals surface area (Å²) in [6.45, 7) is 0. The zero-order valence-corrected chi connectivity index (χ0v) is 21.6. The standard InChI is InChI=1S/C26H26IN3O4/c1-29(2)16-6-9-19-22(12-16)34-23-13-17(30(3)4)7-10-20(23)25(19)18-8-5-15(28-24(31)14-27)11-21(18)26(32)33/h5-13,16H,14H2,1-4H3,(H,28,31)(H,32,33). The van der Waals surface area contributed by atoms with Gasteiger partial charge in [0.2, 0.25) is 5.91 Å². The van der Waals surface area contributed by atoms with E-state index in [2.05, 4.69) is 16.3 Å². The third kappa shape index (κ3) is 4.60. The van der Waals surface area contributed by atoms with Gasteiger partial charge < -0.3 is 20.1 Å². The number of carbonyl (C=O) groups excluding carboxylic acids is 1. The zero-order valence-electron chi connectivity index (χ0n) is 19.4. The van der Waals surface area contributed by atoms with Crippen molar-refractivity contribution in [2.75, 3.05) is 42.8 Å². The van der Waals surface area contributed by atoms with Crippen molar-refractivity contribution in [2.24, 2.45) is 0 Å². The highest BCUT2D eigenvalue weighted by atomic mass is 127. The summed E-state index contributed by atoms with van der Waals surface area (Å²) in [7, 11) is 7.91. The van der Waals surface area contributed by atoms with Gasteiger partial charge in [-0.15, -0.1) is 0 Å². The second kappa shape index (κ2) is 9.63. The average Bonchev–Trinajstić information content (AvgIpc) is 2.81. The van der Waals surface area contributed by atoms with Crippen molar-refractivity contribution in [1.29, 1.82) is 0 Å².